The van der Waals surface area contributed by atoms with E-state index in [9.17, 15) is 25.2 Å². The molecule has 2 aromatic carbocycles. The molecule has 1 aliphatic rings. The summed E-state index contributed by atoms with van der Waals surface area (Å²) in [5, 5.41) is 40.5. The van der Waals surface area contributed by atoms with Crippen LogP contribution in [0.25, 0.3) is 11.0 Å². The first-order valence-corrected chi connectivity index (χ1v) is 12.5. The number of allylic oxidation sites excluding steroid dienone is 1. The second-order valence-electron chi connectivity index (χ2n) is 8.81. The van der Waals surface area contributed by atoms with E-state index < -0.39 is 48.7 Å². The molecule has 5 atom stereocenters. The van der Waals surface area contributed by atoms with Crippen LogP contribution >= 0.6 is 0 Å². The van der Waals surface area contributed by atoms with Crippen molar-refractivity contribution in [3.8, 4) is 17.2 Å². The van der Waals surface area contributed by atoms with E-state index in [2.05, 4.69) is 13.0 Å². The molecule has 0 spiro atoms. The van der Waals surface area contributed by atoms with Gasteiger partial charge in [0.15, 0.2) is 5.75 Å². The first-order chi connectivity index (χ1) is 18.4. The van der Waals surface area contributed by atoms with E-state index in [-0.39, 0.29) is 17.9 Å². The smallest absolute Gasteiger partial charge is 0.383 e. The summed E-state index contributed by atoms with van der Waals surface area (Å²) in [5.41, 5.74) is 0.106. The van der Waals surface area contributed by atoms with Gasteiger partial charge in [0, 0.05) is 6.07 Å². The molecule has 0 saturated carbocycles. The standard InChI is InChI=1S/C28H32O10/c1-2-3-4-8-13-34-18-11-12-19-20(14-18)36-27(33)26(25(19)35-16-17-9-6-5-7-10-17)38-28-24(32)23(31)22(30)21(15-29)37-28/h3-7,9-12,14,21-24,28-32H,2,8,13,15-16H2,1H3/b4-3+/t21-,22-,23+,24-,28+/m1/s1. The molecule has 10 heteroatoms. The van der Waals surface area contributed by atoms with Gasteiger partial charge in [0.1, 0.15) is 42.4 Å². The average molecular weight is 529 g/mol. The van der Waals surface area contributed by atoms with Gasteiger partial charge in [0.05, 0.1) is 18.6 Å². The van der Waals surface area contributed by atoms with Gasteiger partial charge in [-0.25, -0.2) is 4.79 Å². The minimum Gasteiger partial charge on any atom is -0.493 e. The van der Waals surface area contributed by atoms with Crippen LogP contribution in [0, 0.1) is 0 Å². The number of hydrogen-bond acceptors (Lipinski definition) is 10. The molecule has 1 fully saturated rings. The first-order valence-electron chi connectivity index (χ1n) is 12.5. The second-order valence-corrected chi connectivity index (χ2v) is 8.81. The van der Waals surface area contributed by atoms with E-state index in [0.29, 0.717) is 17.7 Å². The molecular weight excluding hydrogens is 496 g/mol. The third-order valence-electron chi connectivity index (χ3n) is 6.06. The van der Waals surface area contributed by atoms with Crippen LogP contribution < -0.4 is 19.8 Å². The van der Waals surface area contributed by atoms with Gasteiger partial charge in [-0.05, 0) is 30.5 Å². The average Bonchev–Trinajstić information content (AvgIpc) is 2.93. The van der Waals surface area contributed by atoms with Crippen molar-refractivity contribution in [2.24, 2.45) is 0 Å². The fraction of sp³-hybridized carbons (Fsp3) is 0.393. The Labute approximate surface area is 219 Å². The Morgan fingerprint density at radius 3 is 2.47 bits per heavy atom. The Kier molecular flexibility index (Phi) is 9.38. The van der Waals surface area contributed by atoms with Gasteiger partial charge in [-0.3, -0.25) is 0 Å². The van der Waals surface area contributed by atoms with Gasteiger partial charge in [0.2, 0.25) is 6.29 Å². The lowest BCUT2D eigenvalue weighted by Gasteiger charge is -2.39. The van der Waals surface area contributed by atoms with Gasteiger partial charge in [0.25, 0.3) is 5.75 Å². The van der Waals surface area contributed by atoms with E-state index >= 15 is 0 Å². The summed E-state index contributed by atoms with van der Waals surface area (Å²) in [6.45, 7) is 1.94. The predicted octanol–water partition coefficient (Wildman–Crippen LogP) is 2.29. The summed E-state index contributed by atoms with van der Waals surface area (Å²) >= 11 is 0. The zero-order valence-electron chi connectivity index (χ0n) is 20.9. The molecule has 4 rings (SSSR count). The highest BCUT2D eigenvalue weighted by atomic mass is 16.7. The maximum absolute atomic E-state index is 13.1. The molecule has 0 bridgehead atoms. The van der Waals surface area contributed by atoms with Crippen molar-refractivity contribution >= 4 is 11.0 Å². The molecule has 4 N–H and O–H groups in total. The molecule has 0 amide bonds. The Bertz CT molecular complexity index is 1270. The SMILES string of the molecule is CC/C=C/CCOc1ccc2c(OCc3ccccc3)c(O[C@@H]3O[C@H](CO)[C@@H](O)[C@H](O)[C@H]3O)c(=O)oc2c1. The number of hydrogen-bond donors (Lipinski definition) is 4. The van der Waals surface area contributed by atoms with Crippen molar-refractivity contribution in [2.45, 2.75) is 57.1 Å². The molecule has 204 valence electrons. The fourth-order valence-electron chi connectivity index (χ4n) is 4.01. The van der Waals surface area contributed by atoms with Crippen LogP contribution in [0.5, 0.6) is 17.2 Å². The molecule has 2 heterocycles. The van der Waals surface area contributed by atoms with Crippen molar-refractivity contribution < 1.29 is 43.8 Å². The van der Waals surface area contributed by atoms with Crippen LogP contribution in [0.4, 0.5) is 0 Å². The maximum atomic E-state index is 13.1. The molecule has 1 saturated heterocycles. The predicted molar refractivity (Wildman–Crippen MR) is 137 cm³/mol. The minimum absolute atomic E-state index is 0.0366. The summed E-state index contributed by atoms with van der Waals surface area (Å²) in [5.74, 6) is 0.146. The van der Waals surface area contributed by atoms with Crippen LogP contribution in [-0.4, -0.2) is 64.3 Å². The van der Waals surface area contributed by atoms with Crippen molar-refractivity contribution in [1.29, 1.82) is 0 Å². The number of aliphatic hydroxyl groups is 4. The fourth-order valence-corrected chi connectivity index (χ4v) is 4.01. The third-order valence-corrected chi connectivity index (χ3v) is 6.06. The van der Waals surface area contributed by atoms with Gasteiger partial charge in [-0.15, -0.1) is 0 Å². The van der Waals surface area contributed by atoms with Gasteiger partial charge >= 0.3 is 5.63 Å². The van der Waals surface area contributed by atoms with Crippen molar-refractivity contribution in [2.75, 3.05) is 13.2 Å². The number of ether oxygens (including phenoxy) is 4. The van der Waals surface area contributed by atoms with E-state index in [1.807, 2.05) is 36.4 Å². The summed E-state index contributed by atoms with van der Waals surface area (Å²) in [7, 11) is 0. The molecule has 38 heavy (non-hydrogen) atoms. The molecular formula is C28H32O10. The molecule has 0 aliphatic carbocycles. The zero-order chi connectivity index (χ0) is 27.1. The molecule has 0 unspecified atom stereocenters. The highest BCUT2D eigenvalue weighted by molar-refractivity contribution is 5.86. The van der Waals surface area contributed by atoms with Gasteiger partial charge < -0.3 is 43.8 Å². The Balaban J connectivity index is 1.67. The lowest BCUT2D eigenvalue weighted by molar-refractivity contribution is -0.278. The van der Waals surface area contributed by atoms with E-state index in [1.165, 1.54) is 0 Å². The van der Waals surface area contributed by atoms with Crippen molar-refractivity contribution in [3.63, 3.8) is 0 Å². The van der Waals surface area contributed by atoms with Gasteiger partial charge in [-0.2, -0.15) is 0 Å². The van der Waals surface area contributed by atoms with Crippen LogP contribution in [0.1, 0.15) is 25.3 Å². The summed E-state index contributed by atoms with van der Waals surface area (Å²) < 4.78 is 28.4. The van der Waals surface area contributed by atoms with E-state index in [1.54, 1.807) is 18.2 Å². The highest BCUT2D eigenvalue weighted by Gasteiger charge is 2.45. The molecule has 3 aromatic rings. The molecule has 10 nitrogen and oxygen atoms in total. The quantitative estimate of drug-likeness (QED) is 0.166. The third kappa shape index (κ3) is 6.35. The number of aliphatic hydroxyl groups excluding tert-OH is 4. The lowest BCUT2D eigenvalue weighted by atomic mass is 9.99. The zero-order valence-corrected chi connectivity index (χ0v) is 20.9. The van der Waals surface area contributed by atoms with Crippen LogP contribution in [0.2, 0.25) is 0 Å². The number of rotatable bonds is 11. The molecule has 1 aliphatic heterocycles. The van der Waals surface area contributed by atoms with Crippen LogP contribution in [0.15, 0.2) is 69.9 Å². The molecule has 1 aromatic heterocycles. The van der Waals surface area contributed by atoms with Crippen LogP contribution in [0.3, 0.4) is 0 Å². The van der Waals surface area contributed by atoms with E-state index in [4.69, 9.17) is 23.4 Å². The molecule has 0 radical (unpaired) electrons. The normalized spacial score (nSPS) is 23.6. The van der Waals surface area contributed by atoms with Crippen molar-refractivity contribution in [1.82, 2.24) is 0 Å². The second kappa shape index (κ2) is 12.9. The van der Waals surface area contributed by atoms with Crippen LogP contribution in [-0.2, 0) is 11.3 Å². The Morgan fingerprint density at radius 1 is 0.947 bits per heavy atom. The lowest BCUT2D eigenvalue weighted by Crippen LogP contribution is -2.60. The van der Waals surface area contributed by atoms with Crippen molar-refractivity contribution in [3.05, 3.63) is 76.7 Å². The maximum Gasteiger partial charge on any atom is 0.383 e. The van der Waals surface area contributed by atoms with Gasteiger partial charge in [-0.1, -0.05) is 49.4 Å². The Morgan fingerprint density at radius 2 is 1.74 bits per heavy atom. The topological polar surface area (TPSA) is 148 Å². The minimum atomic E-state index is -1.72. The first kappa shape index (κ1) is 27.6. The number of benzene rings is 2. The van der Waals surface area contributed by atoms with E-state index in [0.717, 1.165) is 18.4 Å². The largest absolute Gasteiger partial charge is 0.493 e. The Hall–Kier alpha value is -3.41. The summed E-state index contributed by atoms with van der Waals surface area (Å²) in [4.78, 5) is 13.1. The summed E-state index contributed by atoms with van der Waals surface area (Å²) in [6, 6.07) is 14.2. The highest BCUT2D eigenvalue weighted by Crippen LogP contribution is 2.37. The number of fused-ring (bicyclic) bond motifs is 1. The monoisotopic (exact) mass is 528 g/mol. The summed E-state index contributed by atoms with van der Waals surface area (Å²) in [6.07, 6.45) is -2.03.